The molecule has 7 nitrogen and oxygen atoms in total. The van der Waals surface area contributed by atoms with E-state index in [4.69, 9.17) is 15.0 Å². The molecule has 4 aromatic rings. The summed E-state index contributed by atoms with van der Waals surface area (Å²) in [5, 5.41) is 12.4. The first-order valence-corrected chi connectivity index (χ1v) is 10.9. The lowest BCUT2D eigenvalue weighted by Crippen LogP contribution is -2.04. The van der Waals surface area contributed by atoms with Crippen molar-refractivity contribution in [1.29, 1.82) is 5.26 Å². The van der Waals surface area contributed by atoms with Crippen molar-refractivity contribution in [3.05, 3.63) is 66.1 Å². The van der Waals surface area contributed by atoms with Gasteiger partial charge in [0.1, 0.15) is 11.6 Å². The number of anilines is 2. The third-order valence-electron chi connectivity index (χ3n) is 5.64. The lowest BCUT2D eigenvalue weighted by Gasteiger charge is -2.11. The summed E-state index contributed by atoms with van der Waals surface area (Å²) in [6, 6.07) is 16.1. The van der Waals surface area contributed by atoms with Crippen LogP contribution in [0.2, 0.25) is 0 Å². The van der Waals surface area contributed by atoms with Crippen molar-refractivity contribution in [3.8, 4) is 17.3 Å². The van der Waals surface area contributed by atoms with Crippen LogP contribution < -0.4 is 5.32 Å². The number of ether oxygens (including phenoxy) is 1. The molecule has 3 heterocycles. The van der Waals surface area contributed by atoms with Crippen LogP contribution in [-0.2, 0) is 11.3 Å². The van der Waals surface area contributed by atoms with Gasteiger partial charge in [-0.05, 0) is 67.6 Å². The summed E-state index contributed by atoms with van der Waals surface area (Å²) in [6.07, 6.45) is 5.90. The number of nitrogens with one attached hydrogen (secondary N) is 1. The minimum Gasteiger partial charge on any atom is -0.380 e. The normalized spacial score (nSPS) is 12.8. The second-order valence-corrected chi connectivity index (χ2v) is 7.95. The van der Waals surface area contributed by atoms with Gasteiger partial charge in [-0.1, -0.05) is 6.07 Å². The number of pyridine rings is 2. The lowest BCUT2D eigenvalue weighted by atomic mass is 10.1. The van der Waals surface area contributed by atoms with Gasteiger partial charge >= 0.3 is 0 Å². The average molecular weight is 461 g/mol. The summed E-state index contributed by atoms with van der Waals surface area (Å²) >= 11 is 0. The number of nitrogens with zero attached hydrogens (tertiary/aromatic N) is 5. The van der Waals surface area contributed by atoms with E-state index in [1.165, 1.54) is 18.4 Å². The Kier molecular flexibility index (Phi) is 6.87. The van der Waals surface area contributed by atoms with Gasteiger partial charge in [0.2, 0.25) is 0 Å². The molecular weight excluding hydrogens is 436 g/mol. The first-order chi connectivity index (χ1) is 15.7. The zero-order valence-corrected chi connectivity index (χ0v) is 19.2. The number of hydrogen-bond acceptors (Lipinski definition) is 6. The molecule has 1 aliphatic rings. The zero-order chi connectivity index (χ0) is 21.9. The van der Waals surface area contributed by atoms with E-state index in [9.17, 15) is 0 Å². The fourth-order valence-electron chi connectivity index (χ4n) is 3.82. The molecule has 1 fully saturated rings. The van der Waals surface area contributed by atoms with Gasteiger partial charge in [-0.25, -0.2) is 15.0 Å². The molecule has 0 radical (unpaired) electrons. The van der Waals surface area contributed by atoms with Gasteiger partial charge in [-0.3, -0.25) is 0 Å². The standard InChI is InChI=1S/C25H24N6O.ClH/c1-2-32-10-9-31-16-28-22-12-19(5-6-23(22)31)21-13-20(18-3-4-18)14-25(29-21)30-24-11-17(15-26)7-8-27-24;/h5-8,11-14,16,18H,2-4,9-10H2,1H3,(H,27,29,30);1H. The monoisotopic (exact) mass is 460 g/mol. The number of benzene rings is 1. The van der Waals surface area contributed by atoms with Crippen LogP contribution in [0, 0.1) is 11.3 Å². The number of imidazole rings is 1. The molecule has 0 atom stereocenters. The van der Waals surface area contributed by atoms with E-state index in [1.54, 1.807) is 18.3 Å². The molecule has 0 aliphatic heterocycles. The van der Waals surface area contributed by atoms with E-state index < -0.39 is 0 Å². The van der Waals surface area contributed by atoms with Gasteiger partial charge in [0.15, 0.2) is 0 Å². The molecule has 1 aliphatic carbocycles. The van der Waals surface area contributed by atoms with E-state index in [1.807, 2.05) is 13.3 Å². The van der Waals surface area contributed by atoms with Crippen LogP contribution in [-0.4, -0.2) is 32.7 Å². The Labute approximate surface area is 198 Å². The molecule has 1 N–H and O–H groups in total. The Morgan fingerprint density at radius 1 is 1.12 bits per heavy atom. The Hall–Kier alpha value is -3.47. The van der Waals surface area contributed by atoms with Crippen molar-refractivity contribution in [2.75, 3.05) is 18.5 Å². The minimum absolute atomic E-state index is 0. The minimum atomic E-state index is 0. The van der Waals surface area contributed by atoms with Gasteiger partial charge in [-0.15, -0.1) is 12.4 Å². The van der Waals surface area contributed by atoms with Crippen molar-refractivity contribution in [2.24, 2.45) is 0 Å². The molecule has 33 heavy (non-hydrogen) atoms. The molecule has 0 saturated heterocycles. The fourth-order valence-corrected chi connectivity index (χ4v) is 3.82. The number of nitriles is 1. The molecule has 1 aromatic carbocycles. The molecule has 5 rings (SSSR count). The SMILES string of the molecule is CCOCCn1cnc2cc(-c3cc(C4CC4)cc(Nc4cc(C#N)ccn4)n3)ccc21.Cl. The zero-order valence-electron chi connectivity index (χ0n) is 18.4. The number of aromatic nitrogens is 4. The summed E-state index contributed by atoms with van der Waals surface area (Å²) in [4.78, 5) is 13.8. The third-order valence-corrected chi connectivity index (χ3v) is 5.64. The highest BCUT2D eigenvalue weighted by molar-refractivity contribution is 5.85. The maximum absolute atomic E-state index is 9.16. The van der Waals surface area contributed by atoms with Crippen LogP contribution in [0.5, 0.6) is 0 Å². The van der Waals surface area contributed by atoms with Gasteiger partial charge in [0.25, 0.3) is 0 Å². The van der Waals surface area contributed by atoms with E-state index >= 15 is 0 Å². The molecule has 0 unspecified atom stereocenters. The molecule has 3 aromatic heterocycles. The predicted octanol–water partition coefficient (Wildman–Crippen LogP) is 5.44. The number of halogens is 1. The summed E-state index contributed by atoms with van der Waals surface area (Å²) in [5.41, 5.74) is 5.79. The van der Waals surface area contributed by atoms with Gasteiger partial charge in [-0.2, -0.15) is 5.26 Å². The van der Waals surface area contributed by atoms with Crippen LogP contribution in [0.25, 0.3) is 22.3 Å². The highest BCUT2D eigenvalue weighted by atomic mass is 35.5. The number of fused-ring (bicyclic) bond motifs is 1. The van der Waals surface area contributed by atoms with Crippen LogP contribution >= 0.6 is 12.4 Å². The highest BCUT2D eigenvalue weighted by Gasteiger charge is 2.25. The summed E-state index contributed by atoms with van der Waals surface area (Å²) in [5.74, 6) is 1.92. The molecule has 1 saturated carbocycles. The Morgan fingerprint density at radius 3 is 2.79 bits per heavy atom. The van der Waals surface area contributed by atoms with Crippen LogP contribution in [0.4, 0.5) is 11.6 Å². The largest absolute Gasteiger partial charge is 0.380 e. The van der Waals surface area contributed by atoms with Crippen LogP contribution in [0.15, 0.2) is 55.0 Å². The Bertz CT molecular complexity index is 1310. The van der Waals surface area contributed by atoms with Crippen molar-refractivity contribution in [1.82, 2.24) is 19.5 Å². The quantitative estimate of drug-likeness (QED) is 0.352. The van der Waals surface area contributed by atoms with Gasteiger partial charge in [0, 0.05) is 24.9 Å². The first kappa shape index (κ1) is 22.7. The third kappa shape index (κ3) is 5.14. The molecule has 8 heteroatoms. The topological polar surface area (TPSA) is 88.6 Å². The molecule has 0 amide bonds. The van der Waals surface area contributed by atoms with E-state index in [2.05, 4.69) is 56.3 Å². The number of hydrogen-bond donors (Lipinski definition) is 1. The smallest absolute Gasteiger partial charge is 0.132 e. The first-order valence-electron chi connectivity index (χ1n) is 10.9. The second kappa shape index (κ2) is 9.99. The van der Waals surface area contributed by atoms with Crippen molar-refractivity contribution in [2.45, 2.75) is 32.2 Å². The summed E-state index contributed by atoms with van der Waals surface area (Å²) < 4.78 is 7.59. The maximum Gasteiger partial charge on any atom is 0.132 e. The van der Waals surface area contributed by atoms with Crippen molar-refractivity contribution in [3.63, 3.8) is 0 Å². The molecule has 0 spiro atoms. The molecule has 168 valence electrons. The summed E-state index contributed by atoms with van der Waals surface area (Å²) in [6.45, 7) is 4.17. The molecular formula is C25H25ClN6O. The average Bonchev–Trinajstić information content (AvgIpc) is 3.60. The second-order valence-electron chi connectivity index (χ2n) is 7.95. The highest BCUT2D eigenvalue weighted by Crippen LogP contribution is 2.42. The molecule has 0 bridgehead atoms. The van der Waals surface area contributed by atoms with E-state index in [0.717, 1.165) is 34.7 Å². The van der Waals surface area contributed by atoms with Gasteiger partial charge < -0.3 is 14.6 Å². The lowest BCUT2D eigenvalue weighted by molar-refractivity contribution is 0.140. The van der Waals surface area contributed by atoms with Crippen LogP contribution in [0.3, 0.4) is 0 Å². The predicted molar refractivity (Wildman–Crippen MR) is 131 cm³/mol. The van der Waals surface area contributed by atoms with Crippen molar-refractivity contribution >= 4 is 35.1 Å². The van der Waals surface area contributed by atoms with Gasteiger partial charge in [0.05, 0.1) is 41.3 Å². The van der Waals surface area contributed by atoms with Crippen molar-refractivity contribution < 1.29 is 4.74 Å². The number of rotatable bonds is 8. The van der Waals surface area contributed by atoms with E-state index in [-0.39, 0.29) is 12.4 Å². The maximum atomic E-state index is 9.16. The fraction of sp³-hybridized carbons (Fsp3) is 0.280. The van der Waals surface area contributed by atoms with Crippen LogP contribution in [0.1, 0.15) is 36.8 Å². The summed E-state index contributed by atoms with van der Waals surface area (Å²) in [7, 11) is 0. The van der Waals surface area contributed by atoms with E-state index in [0.29, 0.717) is 30.5 Å². The Balaban J connectivity index is 0.00000259. The Morgan fingerprint density at radius 2 is 2.00 bits per heavy atom.